The van der Waals surface area contributed by atoms with Crippen LogP contribution in [0.25, 0.3) is 10.9 Å². The molecular weight excluding hydrogens is 283 g/mol. The molecule has 0 atom stereocenters. The first kappa shape index (κ1) is 12.9. The molecule has 1 N–H and O–H groups in total. The van der Waals surface area contributed by atoms with Crippen molar-refractivity contribution in [3.8, 4) is 0 Å². The molecule has 0 radical (unpaired) electrons. The fraction of sp³-hybridized carbons (Fsp3) is 0.286. The predicted octanol–water partition coefficient (Wildman–Crippen LogP) is 3.73. The van der Waals surface area contributed by atoms with E-state index in [1.54, 1.807) is 0 Å². The monoisotopic (exact) mass is 296 g/mol. The first-order valence-electron chi connectivity index (χ1n) is 6.19. The maximum absolute atomic E-state index is 6.04. The molecular formula is C14H14Cl2N2O. The maximum Gasteiger partial charge on any atom is 0.136 e. The number of aromatic amines is 1. The van der Waals surface area contributed by atoms with Crippen molar-refractivity contribution in [3.63, 3.8) is 0 Å². The van der Waals surface area contributed by atoms with Crippen LogP contribution in [0.15, 0.2) is 36.2 Å². The zero-order chi connectivity index (χ0) is 13.2. The van der Waals surface area contributed by atoms with Gasteiger partial charge >= 0.3 is 0 Å². The van der Waals surface area contributed by atoms with Gasteiger partial charge in [0, 0.05) is 28.7 Å². The lowest BCUT2D eigenvalue weighted by atomic mass is 10.1. The smallest absolute Gasteiger partial charge is 0.136 e. The van der Waals surface area contributed by atoms with Crippen molar-refractivity contribution in [2.24, 2.45) is 0 Å². The molecule has 2 aromatic rings. The highest BCUT2D eigenvalue weighted by atomic mass is 35.5. The Kier molecular flexibility index (Phi) is 3.69. The number of H-pyrrole nitrogens is 1. The third-order valence-electron chi connectivity index (χ3n) is 3.26. The van der Waals surface area contributed by atoms with Crippen molar-refractivity contribution in [1.82, 2.24) is 10.0 Å². The van der Waals surface area contributed by atoms with Crippen molar-refractivity contribution in [2.45, 2.75) is 6.42 Å². The number of allylic oxidation sites excluding steroid dienone is 1. The van der Waals surface area contributed by atoms with Gasteiger partial charge in [0.25, 0.3) is 0 Å². The molecule has 0 unspecified atom stereocenters. The molecule has 5 heteroatoms. The number of aromatic nitrogens is 1. The molecule has 1 aromatic heterocycles. The van der Waals surface area contributed by atoms with Gasteiger partial charge in [-0.05, 0) is 36.3 Å². The van der Waals surface area contributed by atoms with Crippen LogP contribution in [0.4, 0.5) is 0 Å². The molecule has 0 bridgehead atoms. The second-order valence-electron chi connectivity index (χ2n) is 4.54. The zero-order valence-electron chi connectivity index (χ0n) is 10.3. The van der Waals surface area contributed by atoms with Crippen molar-refractivity contribution in [2.75, 3.05) is 19.0 Å². The Morgan fingerprint density at radius 1 is 1.37 bits per heavy atom. The summed E-state index contributed by atoms with van der Waals surface area (Å²) in [5.41, 5.74) is 2.36. The van der Waals surface area contributed by atoms with Crippen LogP contribution in [0.5, 0.6) is 0 Å². The average Bonchev–Trinajstić information content (AvgIpc) is 3.02. The molecule has 1 aliphatic rings. The highest BCUT2D eigenvalue weighted by Crippen LogP contribution is 2.23. The van der Waals surface area contributed by atoms with E-state index in [9.17, 15) is 0 Å². The maximum atomic E-state index is 6.04. The van der Waals surface area contributed by atoms with E-state index >= 15 is 0 Å². The van der Waals surface area contributed by atoms with E-state index in [0.29, 0.717) is 5.88 Å². The Balaban J connectivity index is 1.68. The number of fused-ring (bicyclic) bond motifs is 1. The number of alkyl halides is 1. The molecule has 0 saturated heterocycles. The van der Waals surface area contributed by atoms with Gasteiger partial charge in [-0.25, -0.2) is 0 Å². The van der Waals surface area contributed by atoms with Gasteiger partial charge in [-0.1, -0.05) is 11.6 Å². The quantitative estimate of drug-likeness (QED) is 0.871. The Labute approximate surface area is 121 Å². The van der Waals surface area contributed by atoms with Crippen LogP contribution in [0.2, 0.25) is 5.02 Å². The summed E-state index contributed by atoms with van der Waals surface area (Å²) in [7, 11) is 0. The Morgan fingerprint density at radius 3 is 3.05 bits per heavy atom. The summed E-state index contributed by atoms with van der Waals surface area (Å²) in [6.07, 6.45) is 4.95. The van der Waals surface area contributed by atoms with E-state index in [2.05, 4.69) is 4.98 Å². The molecule has 0 aliphatic carbocycles. The van der Waals surface area contributed by atoms with Gasteiger partial charge in [0.1, 0.15) is 5.76 Å². The number of hydroxylamine groups is 2. The normalized spacial score (nSPS) is 15.8. The standard InChI is InChI=1S/C14H14Cl2N2O/c15-8-12-4-6-18(19-12)5-3-10-9-17-14-2-1-11(16)7-13(10)14/h1-2,4,7,9,17H,3,5-6,8H2. The molecule has 0 saturated carbocycles. The third-order valence-corrected chi connectivity index (χ3v) is 3.76. The van der Waals surface area contributed by atoms with Crippen molar-refractivity contribution in [1.29, 1.82) is 0 Å². The third kappa shape index (κ3) is 2.73. The number of hydrogen-bond donors (Lipinski definition) is 1. The average molecular weight is 297 g/mol. The second kappa shape index (κ2) is 5.45. The molecule has 1 aromatic carbocycles. The van der Waals surface area contributed by atoms with Gasteiger partial charge in [0.15, 0.2) is 0 Å². The highest BCUT2D eigenvalue weighted by molar-refractivity contribution is 6.31. The SMILES string of the molecule is ClCC1=CCN(CCc2c[nH]c3ccc(Cl)cc23)O1. The molecule has 0 amide bonds. The van der Waals surface area contributed by atoms with Gasteiger partial charge in [-0.15, -0.1) is 16.7 Å². The van der Waals surface area contributed by atoms with Crippen LogP contribution < -0.4 is 0 Å². The van der Waals surface area contributed by atoms with E-state index in [-0.39, 0.29) is 0 Å². The van der Waals surface area contributed by atoms with Crippen LogP contribution in [0.3, 0.4) is 0 Å². The summed E-state index contributed by atoms with van der Waals surface area (Å²) >= 11 is 11.8. The number of nitrogens with zero attached hydrogens (tertiary/aromatic N) is 1. The fourth-order valence-electron chi connectivity index (χ4n) is 2.26. The summed E-state index contributed by atoms with van der Waals surface area (Å²) in [4.78, 5) is 8.83. The Bertz CT molecular complexity index is 621. The lowest BCUT2D eigenvalue weighted by Crippen LogP contribution is -2.21. The molecule has 0 fully saturated rings. The van der Waals surface area contributed by atoms with Gasteiger partial charge in [-0.2, -0.15) is 0 Å². The molecule has 1 aliphatic heterocycles. The van der Waals surface area contributed by atoms with Crippen LogP contribution in [-0.4, -0.2) is 29.0 Å². The first-order chi connectivity index (χ1) is 9.26. The van der Waals surface area contributed by atoms with E-state index in [0.717, 1.165) is 35.8 Å². The minimum absolute atomic E-state index is 0.430. The molecule has 19 heavy (non-hydrogen) atoms. The molecule has 100 valence electrons. The lowest BCUT2D eigenvalue weighted by Gasteiger charge is -2.15. The van der Waals surface area contributed by atoms with Crippen LogP contribution in [-0.2, 0) is 11.3 Å². The van der Waals surface area contributed by atoms with Crippen molar-refractivity contribution >= 4 is 34.1 Å². The van der Waals surface area contributed by atoms with Gasteiger partial charge < -0.3 is 9.82 Å². The summed E-state index contributed by atoms with van der Waals surface area (Å²) in [5, 5.41) is 3.86. The lowest BCUT2D eigenvalue weighted by molar-refractivity contribution is -0.0884. The summed E-state index contributed by atoms with van der Waals surface area (Å²) in [5.74, 6) is 1.27. The number of hydrogen-bond acceptors (Lipinski definition) is 2. The van der Waals surface area contributed by atoms with E-state index in [4.69, 9.17) is 28.0 Å². The summed E-state index contributed by atoms with van der Waals surface area (Å²) in [6.45, 7) is 1.63. The topological polar surface area (TPSA) is 28.3 Å². The number of benzene rings is 1. The van der Waals surface area contributed by atoms with Crippen LogP contribution >= 0.6 is 23.2 Å². The van der Waals surface area contributed by atoms with Crippen LogP contribution in [0, 0.1) is 0 Å². The Hall–Kier alpha value is -1.16. The number of halogens is 2. The summed E-state index contributed by atoms with van der Waals surface area (Å²) in [6, 6.07) is 5.89. The number of nitrogens with one attached hydrogen (secondary N) is 1. The highest BCUT2D eigenvalue weighted by Gasteiger charge is 2.15. The second-order valence-corrected chi connectivity index (χ2v) is 5.24. The molecule has 0 spiro atoms. The van der Waals surface area contributed by atoms with Gasteiger partial charge in [-0.3, -0.25) is 0 Å². The molecule has 3 nitrogen and oxygen atoms in total. The summed E-state index contributed by atoms with van der Waals surface area (Å²) < 4.78 is 0. The fourth-order valence-corrected chi connectivity index (χ4v) is 2.59. The first-order valence-corrected chi connectivity index (χ1v) is 7.11. The van der Waals surface area contributed by atoms with E-state index < -0.39 is 0 Å². The largest absolute Gasteiger partial charge is 0.409 e. The van der Waals surface area contributed by atoms with E-state index in [1.165, 1.54) is 10.9 Å². The molecule has 2 heterocycles. The van der Waals surface area contributed by atoms with Crippen LogP contribution in [0.1, 0.15) is 5.56 Å². The zero-order valence-corrected chi connectivity index (χ0v) is 11.8. The van der Waals surface area contributed by atoms with Crippen molar-refractivity contribution in [3.05, 3.63) is 46.8 Å². The Morgan fingerprint density at radius 2 is 2.26 bits per heavy atom. The number of rotatable bonds is 4. The molecule has 3 rings (SSSR count). The van der Waals surface area contributed by atoms with Crippen molar-refractivity contribution < 1.29 is 4.84 Å². The van der Waals surface area contributed by atoms with Gasteiger partial charge in [0.05, 0.1) is 12.4 Å². The van der Waals surface area contributed by atoms with Gasteiger partial charge in [0.2, 0.25) is 0 Å². The minimum Gasteiger partial charge on any atom is -0.409 e. The predicted molar refractivity (Wildman–Crippen MR) is 78.5 cm³/mol. The van der Waals surface area contributed by atoms with E-state index in [1.807, 2.05) is 35.5 Å². The minimum atomic E-state index is 0.430.